The van der Waals surface area contributed by atoms with Gasteiger partial charge in [-0.05, 0) is 24.1 Å². The van der Waals surface area contributed by atoms with E-state index in [1.807, 2.05) is 12.3 Å². The Labute approximate surface area is 126 Å². The number of nitrogens with zero attached hydrogens (tertiary/aromatic N) is 1. The molecule has 0 spiro atoms. The van der Waals surface area contributed by atoms with Crippen LogP contribution in [0.15, 0.2) is 47.1 Å². The largest absolute Gasteiger partial charge is 0.396 e. The van der Waals surface area contributed by atoms with Gasteiger partial charge >= 0.3 is 0 Å². The SMILES string of the molecule is OC[C@H]1C=C[C@@H](NCc2ccc(Br)c3cccnc23)C1. The molecule has 0 amide bonds. The van der Waals surface area contributed by atoms with Gasteiger partial charge in [-0.2, -0.15) is 0 Å². The van der Waals surface area contributed by atoms with Gasteiger partial charge < -0.3 is 10.4 Å². The van der Waals surface area contributed by atoms with Crippen LogP contribution < -0.4 is 5.32 Å². The summed E-state index contributed by atoms with van der Waals surface area (Å²) in [6.07, 6.45) is 7.04. The lowest BCUT2D eigenvalue weighted by Gasteiger charge is -2.14. The van der Waals surface area contributed by atoms with Crippen LogP contribution in [0.2, 0.25) is 0 Å². The normalized spacial score (nSPS) is 21.7. The summed E-state index contributed by atoms with van der Waals surface area (Å²) in [4.78, 5) is 4.49. The molecule has 1 aliphatic rings. The molecule has 2 aromatic rings. The second-order valence-electron chi connectivity index (χ2n) is 5.16. The molecule has 1 aromatic heterocycles. The fraction of sp³-hybridized carbons (Fsp3) is 0.312. The number of halogens is 1. The number of aromatic nitrogens is 1. The van der Waals surface area contributed by atoms with Crippen molar-refractivity contribution in [1.29, 1.82) is 0 Å². The molecule has 2 atom stereocenters. The first kappa shape index (κ1) is 13.7. The summed E-state index contributed by atoms with van der Waals surface area (Å²) in [5, 5.41) is 13.8. The van der Waals surface area contributed by atoms with Crippen molar-refractivity contribution >= 4 is 26.8 Å². The third-order valence-corrected chi connectivity index (χ3v) is 4.45. The van der Waals surface area contributed by atoms with Crippen LogP contribution >= 0.6 is 15.9 Å². The van der Waals surface area contributed by atoms with Gasteiger partial charge in [0.25, 0.3) is 0 Å². The van der Waals surface area contributed by atoms with Crippen LogP contribution in [0.1, 0.15) is 12.0 Å². The Balaban J connectivity index is 1.75. The Hall–Kier alpha value is -1.23. The van der Waals surface area contributed by atoms with Crippen LogP contribution in [0.5, 0.6) is 0 Å². The predicted molar refractivity (Wildman–Crippen MR) is 84.4 cm³/mol. The number of hydrogen-bond donors (Lipinski definition) is 2. The highest BCUT2D eigenvalue weighted by atomic mass is 79.9. The number of nitrogens with one attached hydrogen (secondary N) is 1. The van der Waals surface area contributed by atoms with Crippen LogP contribution in [0.3, 0.4) is 0 Å². The first-order valence-corrected chi connectivity index (χ1v) is 7.62. The molecule has 104 valence electrons. The molecule has 1 aliphatic carbocycles. The van der Waals surface area contributed by atoms with Crippen molar-refractivity contribution in [2.75, 3.05) is 6.61 Å². The Morgan fingerprint density at radius 2 is 2.20 bits per heavy atom. The van der Waals surface area contributed by atoms with Crippen molar-refractivity contribution in [2.45, 2.75) is 19.0 Å². The molecular weight excluding hydrogens is 316 g/mol. The van der Waals surface area contributed by atoms with Crippen molar-refractivity contribution < 1.29 is 5.11 Å². The topological polar surface area (TPSA) is 45.1 Å². The lowest BCUT2D eigenvalue weighted by molar-refractivity contribution is 0.246. The zero-order valence-electron chi connectivity index (χ0n) is 11.1. The van der Waals surface area contributed by atoms with Gasteiger partial charge in [0.05, 0.1) is 5.52 Å². The van der Waals surface area contributed by atoms with E-state index in [1.54, 1.807) is 0 Å². The Morgan fingerprint density at radius 1 is 1.30 bits per heavy atom. The summed E-state index contributed by atoms with van der Waals surface area (Å²) in [6.45, 7) is 1.02. The molecule has 0 saturated carbocycles. The molecule has 2 N–H and O–H groups in total. The molecule has 1 heterocycles. The molecule has 0 saturated heterocycles. The molecular formula is C16H17BrN2O. The summed E-state index contributed by atoms with van der Waals surface area (Å²) in [6, 6.07) is 8.55. The van der Waals surface area contributed by atoms with E-state index in [2.05, 4.69) is 56.6 Å². The number of rotatable bonds is 4. The van der Waals surface area contributed by atoms with Crippen molar-refractivity contribution in [2.24, 2.45) is 5.92 Å². The standard InChI is InChI=1S/C16H17BrN2O/c17-15-6-4-12(16-14(15)2-1-7-18-16)9-19-13-5-3-11(8-13)10-20/h1-7,11,13,19-20H,8-10H2/t11-,13+/m0/s1. The summed E-state index contributed by atoms with van der Waals surface area (Å²) in [5.41, 5.74) is 2.24. The van der Waals surface area contributed by atoms with Gasteiger partial charge in [-0.1, -0.05) is 40.2 Å². The monoisotopic (exact) mass is 332 g/mol. The van der Waals surface area contributed by atoms with Crippen molar-refractivity contribution in [1.82, 2.24) is 10.3 Å². The third-order valence-electron chi connectivity index (χ3n) is 3.76. The minimum Gasteiger partial charge on any atom is -0.396 e. The molecule has 0 fully saturated rings. The number of aliphatic hydroxyl groups is 1. The minimum atomic E-state index is 0.234. The highest BCUT2D eigenvalue weighted by Gasteiger charge is 2.17. The fourth-order valence-electron chi connectivity index (χ4n) is 2.64. The third kappa shape index (κ3) is 2.77. The molecule has 0 bridgehead atoms. The van der Waals surface area contributed by atoms with Gasteiger partial charge in [-0.15, -0.1) is 0 Å². The van der Waals surface area contributed by atoms with Gasteiger partial charge in [-0.25, -0.2) is 0 Å². The molecule has 3 rings (SSSR count). The van der Waals surface area contributed by atoms with Gasteiger partial charge in [0, 0.05) is 41.2 Å². The number of aliphatic hydroxyl groups excluding tert-OH is 1. The van der Waals surface area contributed by atoms with E-state index in [0.717, 1.165) is 28.3 Å². The minimum absolute atomic E-state index is 0.234. The fourth-order valence-corrected chi connectivity index (χ4v) is 3.09. The molecule has 4 heteroatoms. The van der Waals surface area contributed by atoms with Crippen LogP contribution in [0.4, 0.5) is 0 Å². The van der Waals surface area contributed by atoms with E-state index in [1.165, 1.54) is 5.56 Å². The zero-order chi connectivity index (χ0) is 13.9. The van der Waals surface area contributed by atoms with Crippen LogP contribution in [0.25, 0.3) is 10.9 Å². The second kappa shape index (κ2) is 6.04. The molecule has 20 heavy (non-hydrogen) atoms. The van der Waals surface area contributed by atoms with E-state index in [-0.39, 0.29) is 6.61 Å². The first-order chi connectivity index (χ1) is 9.78. The maximum absolute atomic E-state index is 9.15. The quantitative estimate of drug-likeness (QED) is 0.846. The second-order valence-corrected chi connectivity index (χ2v) is 6.01. The average molecular weight is 333 g/mol. The zero-order valence-corrected chi connectivity index (χ0v) is 12.7. The van der Waals surface area contributed by atoms with E-state index in [9.17, 15) is 0 Å². The summed E-state index contributed by atoms with van der Waals surface area (Å²) in [5.74, 6) is 0.298. The van der Waals surface area contributed by atoms with Crippen LogP contribution in [0, 0.1) is 5.92 Å². The number of benzene rings is 1. The van der Waals surface area contributed by atoms with Crippen molar-refractivity contribution in [3.8, 4) is 0 Å². The van der Waals surface area contributed by atoms with Crippen molar-refractivity contribution in [3.05, 3.63) is 52.7 Å². The van der Waals surface area contributed by atoms with E-state index in [4.69, 9.17) is 5.11 Å². The Kier molecular flexibility index (Phi) is 4.15. The predicted octanol–water partition coefficient (Wildman–Crippen LogP) is 3.02. The maximum atomic E-state index is 9.15. The van der Waals surface area contributed by atoms with Gasteiger partial charge in [0.1, 0.15) is 0 Å². The van der Waals surface area contributed by atoms with Crippen LogP contribution in [-0.2, 0) is 6.54 Å². The summed E-state index contributed by atoms with van der Waals surface area (Å²) < 4.78 is 1.07. The number of hydrogen-bond acceptors (Lipinski definition) is 3. The van der Waals surface area contributed by atoms with E-state index in [0.29, 0.717) is 12.0 Å². The van der Waals surface area contributed by atoms with Crippen LogP contribution in [-0.4, -0.2) is 22.7 Å². The van der Waals surface area contributed by atoms with Gasteiger partial charge in [0.15, 0.2) is 0 Å². The summed E-state index contributed by atoms with van der Waals surface area (Å²) >= 11 is 3.57. The lowest BCUT2D eigenvalue weighted by Crippen LogP contribution is -2.26. The highest BCUT2D eigenvalue weighted by molar-refractivity contribution is 9.10. The number of pyridine rings is 1. The van der Waals surface area contributed by atoms with Crippen molar-refractivity contribution in [3.63, 3.8) is 0 Å². The first-order valence-electron chi connectivity index (χ1n) is 6.82. The molecule has 0 aliphatic heterocycles. The molecule has 0 unspecified atom stereocenters. The number of fused-ring (bicyclic) bond motifs is 1. The van der Waals surface area contributed by atoms with E-state index < -0.39 is 0 Å². The Bertz CT molecular complexity index is 641. The van der Waals surface area contributed by atoms with Gasteiger partial charge in [-0.3, -0.25) is 4.98 Å². The molecule has 1 aromatic carbocycles. The average Bonchev–Trinajstić information content (AvgIpc) is 2.95. The molecule has 3 nitrogen and oxygen atoms in total. The van der Waals surface area contributed by atoms with Gasteiger partial charge in [0.2, 0.25) is 0 Å². The maximum Gasteiger partial charge on any atom is 0.0758 e. The highest BCUT2D eigenvalue weighted by Crippen LogP contribution is 2.25. The summed E-state index contributed by atoms with van der Waals surface area (Å²) in [7, 11) is 0. The Morgan fingerprint density at radius 3 is 3.00 bits per heavy atom. The lowest BCUT2D eigenvalue weighted by atomic mass is 10.1. The smallest absolute Gasteiger partial charge is 0.0758 e. The molecule has 0 radical (unpaired) electrons. The van der Waals surface area contributed by atoms with E-state index >= 15 is 0 Å².